The lowest BCUT2D eigenvalue weighted by molar-refractivity contribution is -0.145. The van der Waals surface area contributed by atoms with E-state index in [-0.39, 0.29) is 6.04 Å². The van der Waals surface area contributed by atoms with Gasteiger partial charge in [0.2, 0.25) is 0 Å². The number of carbonyl (C=O) groups is 2. The van der Waals surface area contributed by atoms with Crippen molar-refractivity contribution in [2.75, 3.05) is 13.2 Å². The van der Waals surface area contributed by atoms with Gasteiger partial charge in [0.1, 0.15) is 5.54 Å². The molecule has 20 heavy (non-hydrogen) atoms. The minimum atomic E-state index is -1.12. The van der Waals surface area contributed by atoms with E-state index in [0.717, 1.165) is 25.7 Å². The van der Waals surface area contributed by atoms with E-state index in [1.54, 1.807) is 0 Å². The van der Waals surface area contributed by atoms with Crippen LogP contribution in [0.25, 0.3) is 0 Å². The van der Waals surface area contributed by atoms with Crippen molar-refractivity contribution < 1.29 is 19.4 Å². The molecular formula is C14H26N2O4. The molecule has 116 valence electrons. The summed E-state index contributed by atoms with van der Waals surface area (Å²) in [5.74, 6) is -0.938. The van der Waals surface area contributed by atoms with Crippen LogP contribution in [0.3, 0.4) is 0 Å². The first-order valence-corrected chi connectivity index (χ1v) is 7.40. The molecule has 0 aliphatic heterocycles. The maximum atomic E-state index is 12.0. The summed E-state index contributed by atoms with van der Waals surface area (Å²) < 4.78 is 5.22. The number of urea groups is 1. The van der Waals surface area contributed by atoms with Crippen LogP contribution in [0.1, 0.15) is 52.4 Å². The predicted octanol–water partition coefficient (Wildman–Crippen LogP) is 1.89. The van der Waals surface area contributed by atoms with Crippen molar-refractivity contribution >= 4 is 12.0 Å². The van der Waals surface area contributed by atoms with Crippen molar-refractivity contribution in [2.45, 2.75) is 64.0 Å². The molecule has 0 aromatic carbocycles. The topological polar surface area (TPSA) is 87.7 Å². The second-order valence-electron chi connectivity index (χ2n) is 5.46. The molecule has 0 heterocycles. The number of ether oxygens (including phenoxy) is 1. The van der Waals surface area contributed by atoms with Gasteiger partial charge in [0, 0.05) is 6.61 Å². The Morgan fingerprint density at radius 1 is 1.25 bits per heavy atom. The Morgan fingerprint density at radius 2 is 1.85 bits per heavy atom. The Bertz CT molecular complexity index is 325. The lowest BCUT2D eigenvalue weighted by atomic mass is 9.90. The third-order valence-corrected chi connectivity index (χ3v) is 3.67. The average Bonchev–Trinajstić information content (AvgIpc) is 2.62. The number of aliphatic carboxylic acids is 1. The molecule has 1 unspecified atom stereocenters. The Kier molecular flexibility index (Phi) is 6.78. The number of nitrogens with one attached hydrogen (secondary N) is 2. The van der Waals surface area contributed by atoms with Gasteiger partial charge >= 0.3 is 12.0 Å². The molecule has 0 aromatic heterocycles. The SMILES string of the molecule is CCOCC(C)NC(=O)NC1(C(=O)O)CCCCCC1. The molecule has 6 heteroatoms. The molecule has 0 spiro atoms. The van der Waals surface area contributed by atoms with E-state index in [1.807, 2.05) is 13.8 Å². The summed E-state index contributed by atoms with van der Waals surface area (Å²) in [5.41, 5.74) is -1.12. The van der Waals surface area contributed by atoms with E-state index >= 15 is 0 Å². The lowest BCUT2D eigenvalue weighted by Crippen LogP contribution is -2.58. The Hall–Kier alpha value is -1.30. The molecule has 0 aromatic rings. The van der Waals surface area contributed by atoms with Crippen LogP contribution >= 0.6 is 0 Å². The van der Waals surface area contributed by atoms with E-state index in [1.165, 1.54) is 0 Å². The van der Waals surface area contributed by atoms with E-state index in [4.69, 9.17) is 4.74 Å². The van der Waals surface area contributed by atoms with Crippen molar-refractivity contribution in [1.82, 2.24) is 10.6 Å². The zero-order valence-electron chi connectivity index (χ0n) is 12.4. The second-order valence-corrected chi connectivity index (χ2v) is 5.46. The van der Waals surface area contributed by atoms with Crippen LogP contribution in [0.5, 0.6) is 0 Å². The zero-order chi connectivity index (χ0) is 15.0. The smallest absolute Gasteiger partial charge is 0.329 e. The van der Waals surface area contributed by atoms with Gasteiger partial charge in [-0.15, -0.1) is 0 Å². The fraction of sp³-hybridized carbons (Fsp3) is 0.857. The first kappa shape index (κ1) is 16.8. The lowest BCUT2D eigenvalue weighted by Gasteiger charge is -2.30. The minimum absolute atomic E-state index is 0.147. The summed E-state index contributed by atoms with van der Waals surface area (Å²) in [6.45, 7) is 4.73. The van der Waals surface area contributed by atoms with E-state index in [2.05, 4.69) is 10.6 Å². The molecule has 1 fully saturated rings. The van der Waals surface area contributed by atoms with Crippen LogP contribution in [-0.2, 0) is 9.53 Å². The van der Waals surface area contributed by atoms with Crippen LogP contribution in [0.4, 0.5) is 4.79 Å². The minimum Gasteiger partial charge on any atom is -0.480 e. The zero-order valence-corrected chi connectivity index (χ0v) is 12.4. The summed E-state index contributed by atoms with van der Waals surface area (Å²) in [5, 5.41) is 14.9. The van der Waals surface area contributed by atoms with Crippen molar-refractivity contribution in [3.05, 3.63) is 0 Å². The first-order chi connectivity index (χ1) is 9.50. The number of carboxylic acids is 1. The summed E-state index contributed by atoms with van der Waals surface area (Å²) in [4.78, 5) is 23.5. The third kappa shape index (κ3) is 5.00. The van der Waals surface area contributed by atoms with Gasteiger partial charge < -0.3 is 20.5 Å². The maximum Gasteiger partial charge on any atom is 0.329 e. The van der Waals surface area contributed by atoms with Crippen LogP contribution in [0.2, 0.25) is 0 Å². The molecule has 1 aliphatic carbocycles. The van der Waals surface area contributed by atoms with Gasteiger partial charge in [-0.2, -0.15) is 0 Å². The van der Waals surface area contributed by atoms with Gasteiger partial charge in [-0.25, -0.2) is 9.59 Å². The van der Waals surface area contributed by atoms with Crippen LogP contribution in [-0.4, -0.2) is 41.9 Å². The van der Waals surface area contributed by atoms with Gasteiger partial charge in [-0.05, 0) is 26.7 Å². The quantitative estimate of drug-likeness (QED) is 0.651. The van der Waals surface area contributed by atoms with E-state index in [0.29, 0.717) is 26.1 Å². The largest absolute Gasteiger partial charge is 0.480 e. The maximum absolute atomic E-state index is 12.0. The van der Waals surface area contributed by atoms with Crippen LogP contribution < -0.4 is 10.6 Å². The van der Waals surface area contributed by atoms with Crippen LogP contribution in [0.15, 0.2) is 0 Å². The highest BCUT2D eigenvalue weighted by molar-refractivity contribution is 5.86. The molecule has 1 aliphatic rings. The van der Waals surface area contributed by atoms with Crippen molar-refractivity contribution in [2.24, 2.45) is 0 Å². The number of carbonyl (C=O) groups excluding carboxylic acids is 1. The Morgan fingerprint density at radius 3 is 2.35 bits per heavy atom. The summed E-state index contributed by atoms with van der Waals surface area (Å²) in [6, 6.07) is -0.576. The van der Waals surface area contributed by atoms with Crippen LogP contribution in [0, 0.1) is 0 Å². The molecule has 0 saturated heterocycles. The Balaban J connectivity index is 2.56. The molecule has 1 rings (SSSR count). The number of rotatable bonds is 6. The Labute approximate surface area is 120 Å². The molecule has 1 saturated carbocycles. The van der Waals surface area contributed by atoms with Gasteiger partial charge in [0.25, 0.3) is 0 Å². The number of hydrogen-bond donors (Lipinski definition) is 3. The average molecular weight is 286 g/mol. The highest BCUT2D eigenvalue weighted by Gasteiger charge is 2.40. The normalized spacial score (nSPS) is 19.7. The van der Waals surface area contributed by atoms with Crippen molar-refractivity contribution in [3.63, 3.8) is 0 Å². The first-order valence-electron chi connectivity index (χ1n) is 7.40. The van der Waals surface area contributed by atoms with Crippen molar-refractivity contribution in [1.29, 1.82) is 0 Å². The standard InChI is InChI=1S/C14H26N2O4/c1-3-20-10-11(2)15-13(19)16-14(12(17)18)8-6-4-5-7-9-14/h11H,3-10H2,1-2H3,(H,17,18)(H2,15,16,19). The third-order valence-electron chi connectivity index (χ3n) is 3.67. The molecule has 0 radical (unpaired) electrons. The second kappa shape index (κ2) is 8.09. The summed E-state index contributed by atoms with van der Waals surface area (Å²) in [7, 11) is 0. The molecule has 0 bridgehead atoms. The summed E-state index contributed by atoms with van der Waals surface area (Å²) in [6.07, 6.45) is 4.71. The molecular weight excluding hydrogens is 260 g/mol. The van der Waals surface area contributed by atoms with E-state index < -0.39 is 17.5 Å². The number of carboxylic acid groups (broad SMARTS) is 1. The molecule has 1 atom stereocenters. The highest BCUT2D eigenvalue weighted by Crippen LogP contribution is 2.27. The van der Waals surface area contributed by atoms with Gasteiger partial charge in [0.05, 0.1) is 12.6 Å². The van der Waals surface area contributed by atoms with Gasteiger partial charge in [-0.3, -0.25) is 0 Å². The predicted molar refractivity (Wildman–Crippen MR) is 75.7 cm³/mol. The molecule has 3 N–H and O–H groups in total. The highest BCUT2D eigenvalue weighted by atomic mass is 16.5. The fourth-order valence-corrected chi connectivity index (χ4v) is 2.54. The van der Waals surface area contributed by atoms with Gasteiger partial charge in [-0.1, -0.05) is 25.7 Å². The molecule has 2 amide bonds. The number of hydrogen-bond acceptors (Lipinski definition) is 3. The van der Waals surface area contributed by atoms with Crippen molar-refractivity contribution in [3.8, 4) is 0 Å². The fourth-order valence-electron chi connectivity index (χ4n) is 2.54. The number of amides is 2. The van der Waals surface area contributed by atoms with Gasteiger partial charge in [0.15, 0.2) is 0 Å². The molecule has 6 nitrogen and oxygen atoms in total. The monoisotopic (exact) mass is 286 g/mol. The van der Waals surface area contributed by atoms with E-state index in [9.17, 15) is 14.7 Å². The summed E-state index contributed by atoms with van der Waals surface area (Å²) >= 11 is 0.